The van der Waals surface area contributed by atoms with Gasteiger partial charge in [-0.15, -0.1) is 0 Å². The predicted octanol–water partition coefficient (Wildman–Crippen LogP) is 5.00. The summed E-state index contributed by atoms with van der Waals surface area (Å²) in [5.74, 6) is 1.07. The minimum atomic E-state index is -4.39. The SMILES string of the molecule is O=C(C1Cc2ccccc21)N1CCC(c2nccn2Cc2ccccc2C(F)(F)F)CC1. The molecule has 0 radical (unpaired) electrons. The van der Waals surface area contributed by atoms with Gasteiger partial charge in [-0.05, 0) is 42.0 Å². The highest BCUT2D eigenvalue weighted by Gasteiger charge is 2.37. The number of amides is 1. The molecule has 1 aliphatic heterocycles. The third-order valence-corrected chi connectivity index (χ3v) is 6.74. The summed E-state index contributed by atoms with van der Waals surface area (Å²) >= 11 is 0. The summed E-state index contributed by atoms with van der Waals surface area (Å²) in [5.41, 5.74) is 2.01. The van der Waals surface area contributed by atoms with E-state index in [0.29, 0.717) is 13.1 Å². The Bertz CT molecular complexity index is 1130. The molecule has 1 aromatic heterocycles. The zero-order valence-corrected chi connectivity index (χ0v) is 17.6. The fraction of sp³-hybridized carbons (Fsp3) is 0.360. The second-order valence-corrected chi connectivity index (χ2v) is 8.62. The van der Waals surface area contributed by atoms with Crippen LogP contribution in [0, 0.1) is 0 Å². The first-order chi connectivity index (χ1) is 15.4. The van der Waals surface area contributed by atoms with E-state index in [4.69, 9.17) is 0 Å². The maximum Gasteiger partial charge on any atom is 0.416 e. The number of benzene rings is 2. The smallest absolute Gasteiger partial charge is 0.342 e. The Morgan fingerprint density at radius 1 is 1.03 bits per heavy atom. The molecule has 32 heavy (non-hydrogen) atoms. The first kappa shape index (κ1) is 20.8. The van der Waals surface area contributed by atoms with Crippen molar-refractivity contribution in [2.75, 3.05) is 13.1 Å². The van der Waals surface area contributed by atoms with Crippen molar-refractivity contribution in [1.82, 2.24) is 14.5 Å². The molecule has 2 aromatic carbocycles. The maximum atomic E-state index is 13.4. The van der Waals surface area contributed by atoms with Crippen LogP contribution in [0.1, 0.15) is 52.8 Å². The first-order valence-electron chi connectivity index (χ1n) is 10.9. The van der Waals surface area contributed by atoms with Crippen molar-refractivity contribution in [2.24, 2.45) is 0 Å². The summed E-state index contributed by atoms with van der Waals surface area (Å²) in [6, 6.07) is 13.8. The van der Waals surface area contributed by atoms with Crippen LogP contribution in [0.4, 0.5) is 13.2 Å². The number of aromatic nitrogens is 2. The number of rotatable bonds is 4. The lowest BCUT2D eigenvalue weighted by Gasteiger charge is -2.37. The molecular formula is C25H24F3N3O. The van der Waals surface area contributed by atoms with Gasteiger partial charge in [-0.2, -0.15) is 13.2 Å². The predicted molar refractivity (Wildman–Crippen MR) is 114 cm³/mol. The number of hydrogen-bond donors (Lipinski definition) is 0. The van der Waals surface area contributed by atoms with Gasteiger partial charge in [-0.1, -0.05) is 42.5 Å². The molecular weight excluding hydrogens is 415 g/mol. The number of halogens is 3. The third-order valence-electron chi connectivity index (χ3n) is 6.74. The highest BCUT2D eigenvalue weighted by molar-refractivity contribution is 5.87. The van der Waals surface area contributed by atoms with Crippen LogP contribution in [0.25, 0.3) is 0 Å². The van der Waals surface area contributed by atoms with E-state index in [0.717, 1.165) is 36.7 Å². The molecule has 0 spiro atoms. The van der Waals surface area contributed by atoms with E-state index >= 15 is 0 Å². The van der Waals surface area contributed by atoms with Crippen LogP contribution < -0.4 is 0 Å². The molecule has 1 unspecified atom stereocenters. The Kier molecular flexibility index (Phi) is 5.27. The van der Waals surface area contributed by atoms with E-state index < -0.39 is 11.7 Å². The van der Waals surface area contributed by atoms with Crippen molar-refractivity contribution in [3.63, 3.8) is 0 Å². The molecule has 7 heteroatoms. The minimum Gasteiger partial charge on any atom is -0.342 e. The van der Waals surface area contributed by atoms with Crippen molar-refractivity contribution in [3.05, 3.63) is 89.0 Å². The fourth-order valence-corrected chi connectivity index (χ4v) is 4.99. The molecule has 1 aliphatic carbocycles. The highest BCUT2D eigenvalue weighted by atomic mass is 19.4. The lowest BCUT2D eigenvalue weighted by atomic mass is 9.76. The summed E-state index contributed by atoms with van der Waals surface area (Å²) < 4.78 is 42.0. The molecule has 3 aromatic rings. The molecule has 0 N–H and O–H groups in total. The Balaban J connectivity index is 1.25. The summed E-state index contributed by atoms with van der Waals surface area (Å²) in [4.78, 5) is 19.4. The van der Waals surface area contributed by atoms with Gasteiger partial charge in [0, 0.05) is 37.9 Å². The van der Waals surface area contributed by atoms with E-state index in [1.807, 2.05) is 27.7 Å². The molecule has 1 atom stereocenters. The average molecular weight is 439 g/mol. The zero-order chi connectivity index (χ0) is 22.3. The summed E-state index contributed by atoms with van der Waals surface area (Å²) in [6.07, 6.45) is 1.33. The average Bonchev–Trinajstić information content (AvgIpc) is 3.22. The Labute approximate surface area is 184 Å². The molecule has 0 bridgehead atoms. The third kappa shape index (κ3) is 3.80. The molecule has 1 saturated heterocycles. The second-order valence-electron chi connectivity index (χ2n) is 8.62. The summed E-state index contributed by atoms with van der Waals surface area (Å²) in [5, 5.41) is 0. The zero-order valence-electron chi connectivity index (χ0n) is 17.6. The molecule has 0 saturated carbocycles. The van der Waals surface area contributed by atoms with Crippen molar-refractivity contribution in [1.29, 1.82) is 0 Å². The number of imidazole rings is 1. The Hall–Kier alpha value is -3.09. The molecule has 4 nitrogen and oxygen atoms in total. The quantitative estimate of drug-likeness (QED) is 0.574. The second kappa shape index (κ2) is 8.11. The first-order valence-corrected chi connectivity index (χ1v) is 10.9. The van der Waals surface area contributed by atoms with E-state index in [2.05, 4.69) is 11.1 Å². The van der Waals surface area contributed by atoms with Gasteiger partial charge in [0.25, 0.3) is 0 Å². The van der Waals surface area contributed by atoms with Crippen molar-refractivity contribution in [2.45, 2.75) is 43.8 Å². The van der Waals surface area contributed by atoms with Crippen LogP contribution in [0.2, 0.25) is 0 Å². The van der Waals surface area contributed by atoms with Gasteiger partial charge in [-0.25, -0.2) is 4.98 Å². The molecule has 5 rings (SSSR count). The number of hydrogen-bond acceptors (Lipinski definition) is 2. The highest BCUT2D eigenvalue weighted by Crippen LogP contribution is 2.38. The van der Waals surface area contributed by atoms with E-state index in [9.17, 15) is 18.0 Å². The van der Waals surface area contributed by atoms with Crippen LogP contribution in [-0.2, 0) is 23.9 Å². The fourth-order valence-electron chi connectivity index (χ4n) is 4.99. The summed E-state index contributed by atoms with van der Waals surface area (Å²) in [7, 11) is 0. The molecule has 2 heterocycles. The largest absolute Gasteiger partial charge is 0.416 e. The molecule has 1 amide bonds. The van der Waals surface area contributed by atoms with Gasteiger partial charge in [0.1, 0.15) is 5.82 Å². The number of carbonyl (C=O) groups is 1. The Morgan fingerprint density at radius 3 is 2.50 bits per heavy atom. The monoisotopic (exact) mass is 439 g/mol. The Morgan fingerprint density at radius 2 is 1.75 bits per heavy atom. The van der Waals surface area contributed by atoms with Gasteiger partial charge in [0.05, 0.1) is 11.5 Å². The standard InChI is InChI=1S/C25H24F3N3O/c26-25(27,28)22-8-4-2-6-19(22)16-31-14-11-29-23(31)17-9-12-30(13-10-17)24(32)21-15-18-5-1-3-7-20(18)21/h1-8,11,14,17,21H,9-10,12-13,15-16H2. The number of fused-ring (bicyclic) bond motifs is 1. The number of carbonyl (C=O) groups excluding carboxylic acids is 1. The normalized spacial score (nSPS) is 18.8. The number of nitrogens with zero attached hydrogens (tertiary/aromatic N) is 3. The topological polar surface area (TPSA) is 38.1 Å². The van der Waals surface area contributed by atoms with Gasteiger partial charge in [0.2, 0.25) is 5.91 Å². The molecule has 1 fully saturated rings. The van der Waals surface area contributed by atoms with E-state index in [1.165, 1.54) is 17.7 Å². The van der Waals surface area contributed by atoms with Crippen LogP contribution in [0.3, 0.4) is 0 Å². The van der Waals surface area contributed by atoms with Crippen molar-refractivity contribution in [3.8, 4) is 0 Å². The van der Waals surface area contributed by atoms with E-state index in [1.54, 1.807) is 18.5 Å². The minimum absolute atomic E-state index is 0.0383. The van der Waals surface area contributed by atoms with Crippen LogP contribution in [0.15, 0.2) is 60.9 Å². The summed E-state index contributed by atoms with van der Waals surface area (Å²) in [6.45, 7) is 1.42. The number of alkyl halides is 3. The van der Waals surface area contributed by atoms with E-state index in [-0.39, 0.29) is 29.9 Å². The van der Waals surface area contributed by atoms with Crippen molar-refractivity contribution < 1.29 is 18.0 Å². The van der Waals surface area contributed by atoms with Gasteiger partial charge in [0.15, 0.2) is 0 Å². The lowest BCUT2D eigenvalue weighted by Crippen LogP contribution is -2.43. The van der Waals surface area contributed by atoms with Crippen LogP contribution in [0.5, 0.6) is 0 Å². The van der Waals surface area contributed by atoms with Gasteiger partial charge in [-0.3, -0.25) is 4.79 Å². The van der Waals surface area contributed by atoms with Gasteiger partial charge >= 0.3 is 6.18 Å². The van der Waals surface area contributed by atoms with Crippen LogP contribution in [-0.4, -0.2) is 33.4 Å². The van der Waals surface area contributed by atoms with Crippen molar-refractivity contribution >= 4 is 5.91 Å². The maximum absolute atomic E-state index is 13.4. The molecule has 2 aliphatic rings. The lowest BCUT2D eigenvalue weighted by molar-refractivity contribution is -0.138. The number of piperidine rings is 1. The molecule has 166 valence electrons. The van der Waals surface area contributed by atoms with Crippen LogP contribution >= 0.6 is 0 Å². The number of likely N-dealkylation sites (tertiary alicyclic amines) is 1. The van der Waals surface area contributed by atoms with Gasteiger partial charge < -0.3 is 9.47 Å².